The lowest BCUT2D eigenvalue weighted by Crippen LogP contribution is -2.48. The van der Waals surface area contributed by atoms with Gasteiger partial charge in [0.2, 0.25) is 5.91 Å². The molecular weight excluding hydrogens is 366 g/mol. The topological polar surface area (TPSA) is 61.9 Å². The first-order chi connectivity index (χ1) is 14.0. The van der Waals surface area contributed by atoms with Gasteiger partial charge < -0.3 is 19.9 Å². The Morgan fingerprint density at radius 3 is 2.66 bits per heavy atom. The van der Waals surface area contributed by atoms with E-state index in [-0.39, 0.29) is 11.8 Å². The van der Waals surface area contributed by atoms with E-state index < -0.39 is 5.41 Å². The number of likely N-dealkylation sites (tertiary alicyclic amines) is 1. The van der Waals surface area contributed by atoms with Crippen LogP contribution < -0.4 is 10.2 Å². The van der Waals surface area contributed by atoms with Crippen LogP contribution in [0.4, 0.5) is 5.69 Å². The molecule has 1 aliphatic carbocycles. The third-order valence-electron chi connectivity index (χ3n) is 7.07. The smallest absolute Gasteiger partial charge is 0.251 e. The maximum atomic E-state index is 13.3. The molecule has 2 amide bonds. The summed E-state index contributed by atoms with van der Waals surface area (Å²) in [5, 5.41) is 3.18. The van der Waals surface area contributed by atoms with Crippen molar-refractivity contribution in [2.45, 2.75) is 56.4 Å². The molecule has 1 saturated heterocycles. The van der Waals surface area contributed by atoms with Gasteiger partial charge >= 0.3 is 0 Å². The van der Waals surface area contributed by atoms with E-state index in [0.717, 1.165) is 69.6 Å². The molecule has 4 rings (SSSR count). The first kappa shape index (κ1) is 20.4. The lowest BCUT2D eigenvalue weighted by atomic mass is 9.73. The molecule has 1 aromatic rings. The van der Waals surface area contributed by atoms with Crippen LogP contribution in [0.25, 0.3) is 0 Å². The van der Waals surface area contributed by atoms with Gasteiger partial charge in [0.05, 0.1) is 5.41 Å². The molecule has 29 heavy (non-hydrogen) atoms. The first-order valence-electron chi connectivity index (χ1n) is 11.0. The predicted octanol–water partition coefficient (Wildman–Crippen LogP) is 2.71. The van der Waals surface area contributed by atoms with E-state index in [9.17, 15) is 9.59 Å². The Hall–Kier alpha value is -1.92. The fourth-order valence-electron chi connectivity index (χ4n) is 5.31. The van der Waals surface area contributed by atoms with Gasteiger partial charge in [-0.15, -0.1) is 0 Å². The standard InChI is InChI=1S/C23H33N3O3/c1-25-20-9-8-17(21(27)24-18-6-3-4-7-18)16-19(20)23(22(25)28)10-13-26(14-11-23)12-5-15-29-2/h8-9,16,18H,3-7,10-15H2,1-2H3,(H,24,27). The SMILES string of the molecule is COCCCN1CCC2(CC1)C(=O)N(C)c1ccc(C(=O)NC3CCCC3)cc12. The average Bonchev–Trinajstić information content (AvgIpc) is 3.32. The van der Waals surface area contributed by atoms with Crippen molar-refractivity contribution in [2.24, 2.45) is 0 Å². The minimum absolute atomic E-state index is 0.00569. The minimum atomic E-state index is -0.481. The molecule has 1 spiro atoms. The Morgan fingerprint density at radius 1 is 1.24 bits per heavy atom. The van der Waals surface area contributed by atoms with E-state index >= 15 is 0 Å². The van der Waals surface area contributed by atoms with Gasteiger partial charge in [0, 0.05) is 44.6 Å². The molecule has 0 radical (unpaired) electrons. The zero-order valence-electron chi connectivity index (χ0n) is 17.7. The molecule has 0 atom stereocenters. The second kappa shape index (κ2) is 8.44. The number of rotatable bonds is 6. The lowest BCUT2D eigenvalue weighted by molar-refractivity contribution is -0.124. The summed E-state index contributed by atoms with van der Waals surface area (Å²) in [6.45, 7) is 3.58. The van der Waals surface area contributed by atoms with E-state index in [1.165, 1.54) is 12.8 Å². The highest BCUT2D eigenvalue weighted by Crippen LogP contribution is 2.47. The molecule has 0 unspecified atom stereocenters. The predicted molar refractivity (Wildman–Crippen MR) is 113 cm³/mol. The molecule has 6 heteroatoms. The van der Waals surface area contributed by atoms with Gasteiger partial charge in [0.1, 0.15) is 0 Å². The third-order valence-corrected chi connectivity index (χ3v) is 7.07. The van der Waals surface area contributed by atoms with Crippen molar-refractivity contribution in [2.75, 3.05) is 45.3 Å². The number of nitrogens with zero attached hydrogens (tertiary/aromatic N) is 2. The van der Waals surface area contributed by atoms with Crippen molar-refractivity contribution < 1.29 is 14.3 Å². The van der Waals surface area contributed by atoms with Crippen LogP contribution in [0.2, 0.25) is 0 Å². The number of piperidine rings is 1. The molecular formula is C23H33N3O3. The molecule has 1 saturated carbocycles. The monoisotopic (exact) mass is 399 g/mol. The van der Waals surface area contributed by atoms with Gasteiger partial charge in [-0.3, -0.25) is 9.59 Å². The molecule has 2 fully saturated rings. The minimum Gasteiger partial charge on any atom is -0.385 e. The normalized spacial score (nSPS) is 21.7. The maximum absolute atomic E-state index is 13.3. The maximum Gasteiger partial charge on any atom is 0.251 e. The molecule has 2 heterocycles. The molecule has 1 aromatic carbocycles. The number of methoxy groups -OCH3 is 1. The van der Waals surface area contributed by atoms with E-state index in [1.54, 1.807) is 12.0 Å². The fraction of sp³-hybridized carbons (Fsp3) is 0.652. The number of carbonyl (C=O) groups excluding carboxylic acids is 2. The van der Waals surface area contributed by atoms with Crippen LogP contribution in [0.1, 0.15) is 60.9 Å². The number of anilines is 1. The van der Waals surface area contributed by atoms with Crippen LogP contribution in [0.5, 0.6) is 0 Å². The van der Waals surface area contributed by atoms with Crippen molar-refractivity contribution >= 4 is 17.5 Å². The number of fused-ring (bicyclic) bond motifs is 2. The summed E-state index contributed by atoms with van der Waals surface area (Å²) in [5.74, 6) is 0.172. The number of likely N-dealkylation sites (N-methyl/N-ethyl adjacent to an activating group) is 1. The summed E-state index contributed by atoms with van der Waals surface area (Å²) in [6, 6.07) is 6.11. The van der Waals surface area contributed by atoms with Crippen molar-refractivity contribution in [1.82, 2.24) is 10.2 Å². The molecule has 6 nitrogen and oxygen atoms in total. The second-order valence-corrected chi connectivity index (χ2v) is 8.82. The Balaban J connectivity index is 1.52. The van der Waals surface area contributed by atoms with Gasteiger partial charge in [0.25, 0.3) is 5.91 Å². The average molecular weight is 400 g/mol. The summed E-state index contributed by atoms with van der Waals surface area (Å²) >= 11 is 0. The summed E-state index contributed by atoms with van der Waals surface area (Å²) in [4.78, 5) is 30.3. The number of carbonyl (C=O) groups is 2. The number of hydrogen-bond donors (Lipinski definition) is 1. The Kier molecular flexibility index (Phi) is 5.93. The summed E-state index contributed by atoms with van der Waals surface area (Å²) in [5.41, 5.74) is 2.20. The van der Waals surface area contributed by atoms with Gasteiger partial charge in [-0.25, -0.2) is 0 Å². The highest BCUT2D eigenvalue weighted by molar-refractivity contribution is 6.09. The zero-order chi connectivity index (χ0) is 20.4. The van der Waals surface area contributed by atoms with Gasteiger partial charge in [-0.05, 0) is 69.0 Å². The lowest BCUT2D eigenvalue weighted by Gasteiger charge is -2.38. The number of amides is 2. The van der Waals surface area contributed by atoms with E-state index in [4.69, 9.17) is 4.74 Å². The quantitative estimate of drug-likeness (QED) is 0.747. The molecule has 158 valence electrons. The van der Waals surface area contributed by atoms with E-state index in [1.807, 2.05) is 25.2 Å². The van der Waals surface area contributed by atoms with Crippen LogP contribution in [0.3, 0.4) is 0 Å². The Labute approximate surface area is 173 Å². The zero-order valence-corrected chi connectivity index (χ0v) is 17.7. The van der Waals surface area contributed by atoms with Crippen molar-refractivity contribution in [3.05, 3.63) is 29.3 Å². The summed E-state index contributed by atoms with van der Waals surface area (Å²) in [7, 11) is 3.59. The van der Waals surface area contributed by atoms with Crippen molar-refractivity contribution in [3.63, 3.8) is 0 Å². The number of ether oxygens (including phenoxy) is 1. The van der Waals surface area contributed by atoms with E-state index in [0.29, 0.717) is 11.6 Å². The first-order valence-corrected chi connectivity index (χ1v) is 11.0. The van der Waals surface area contributed by atoms with Gasteiger partial charge in [-0.1, -0.05) is 12.8 Å². The third kappa shape index (κ3) is 3.80. The molecule has 3 aliphatic rings. The van der Waals surface area contributed by atoms with Crippen LogP contribution in [-0.4, -0.2) is 63.2 Å². The van der Waals surface area contributed by atoms with Crippen LogP contribution in [0.15, 0.2) is 18.2 Å². The fourth-order valence-corrected chi connectivity index (χ4v) is 5.31. The van der Waals surface area contributed by atoms with Crippen LogP contribution in [0, 0.1) is 0 Å². The largest absolute Gasteiger partial charge is 0.385 e. The summed E-state index contributed by atoms with van der Waals surface area (Å²) < 4.78 is 5.16. The van der Waals surface area contributed by atoms with Gasteiger partial charge in [0.15, 0.2) is 0 Å². The van der Waals surface area contributed by atoms with Crippen LogP contribution >= 0.6 is 0 Å². The van der Waals surface area contributed by atoms with E-state index in [2.05, 4.69) is 10.2 Å². The second-order valence-electron chi connectivity index (χ2n) is 8.82. The number of nitrogens with one attached hydrogen (secondary N) is 1. The summed E-state index contributed by atoms with van der Waals surface area (Å²) in [6.07, 6.45) is 7.16. The molecule has 2 aliphatic heterocycles. The van der Waals surface area contributed by atoms with Gasteiger partial charge in [-0.2, -0.15) is 0 Å². The van der Waals surface area contributed by atoms with Crippen LogP contribution in [-0.2, 0) is 14.9 Å². The van der Waals surface area contributed by atoms with Crippen molar-refractivity contribution in [1.29, 1.82) is 0 Å². The molecule has 1 N–H and O–H groups in total. The number of benzene rings is 1. The highest BCUT2D eigenvalue weighted by Gasteiger charge is 2.51. The van der Waals surface area contributed by atoms with Crippen molar-refractivity contribution in [3.8, 4) is 0 Å². The Bertz CT molecular complexity index is 765. The molecule has 0 bridgehead atoms. The number of hydrogen-bond acceptors (Lipinski definition) is 4. The highest BCUT2D eigenvalue weighted by atomic mass is 16.5. The Morgan fingerprint density at radius 2 is 1.97 bits per heavy atom. The molecule has 0 aromatic heterocycles.